The summed E-state index contributed by atoms with van der Waals surface area (Å²) in [7, 11) is -3.53. The number of hydrogen-bond donors (Lipinski definition) is 2. The molecule has 0 aliphatic rings. The van der Waals surface area contributed by atoms with Gasteiger partial charge in [0.25, 0.3) is 0 Å². The summed E-state index contributed by atoms with van der Waals surface area (Å²) in [5, 5.41) is 0. The van der Waals surface area contributed by atoms with Crippen molar-refractivity contribution in [3.8, 4) is 0 Å². The van der Waals surface area contributed by atoms with Gasteiger partial charge in [0.15, 0.2) is 0 Å². The summed E-state index contributed by atoms with van der Waals surface area (Å²) in [6, 6.07) is 5.03. The van der Waals surface area contributed by atoms with Crippen LogP contribution in [0.5, 0.6) is 0 Å². The Morgan fingerprint density at radius 2 is 1.90 bits per heavy atom. The van der Waals surface area contributed by atoms with Gasteiger partial charge in [-0.05, 0) is 37.5 Å². The zero-order valence-electron chi connectivity index (χ0n) is 12.6. The van der Waals surface area contributed by atoms with E-state index in [0.29, 0.717) is 5.69 Å². The van der Waals surface area contributed by atoms with Gasteiger partial charge in [0.2, 0.25) is 10.0 Å². The Kier molecular flexibility index (Phi) is 6.49. The topological polar surface area (TPSA) is 72.2 Å². The predicted octanol–water partition coefficient (Wildman–Crippen LogP) is 3.21. The van der Waals surface area contributed by atoms with Crippen molar-refractivity contribution in [1.82, 2.24) is 4.72 Å². The first kappa shape index (κ1) is 17.0. The van der Waals surface area contributed by atoms with E-state index in [4.69, 9.17) is 5.73 Å². The van der Waals surface area contributed by atoms with Gasteiger partial charge in [-0.25, -0.2) is 13.1 Å². The quantitative estimate of drug-likeness (QED) is 0.724. The van der Waals surface area contributed by atoms with Gasteiger partial charge in [-0.3, -0.25) is 0 Å². The number of aryl methyl sites for hydroxylation is 1. The lowest BCUT2D eigenvalue weighted by atomic mass is 10.1. The maximum absolute atomic E-state index is 12.4. The number of nitrogen functional groups attached to an aromatic ring is 1. The van der Waals surface area contributed by atoms with E-state index in [-0.39, 0.29) is 10.9 Å². The molecule has 0 heterocycles. The zero-order chi connectivity index (χ0) is 15.2. The monoisotopic (exact) mass is 298 g/mol. The molecule has 0 aliphatic heterocycles. The van der Waals surface area contributed by atoms with Crippen molar-refractivity contribution in [2.45, 2.75) is 63.8 Å². The molecule has 1 aromatic carbocycles. The second kappa shape index (κ2) is 7.64. The minimum atomic E-state index is -3.53. The van der Waals surface area contributed by atoms with Gasteiger partial charge < -0.3 is 5.73 Å². The van der Waals surface area contributed by atoms with Crippen LogP contribution < -0.4 is 10.5 Å². The third-order valence-corrected chi connectivity index (χ3v) is 4.91. The number of hydrogen-bond acceptors (Lipinski definition) is 3. The molecule has 1 atom stereocenters. The van der Waals surface area contributed by atoms with E-state index in [1.807, 2.05) is 6.92 Å². The second-order valence-corrected chi connectivity index (χ2v) is 6.97. The van der Waals surface area contributed by atoms with Crippen LogP contribution in [0.4, 0.5) is 5.69 Å². The second-order valence-electron chi connectivity index (χ2n) is 5.29. The number of rotatable bonds is 8. The standard InChI is InChI=1S/C15H26N2O2S/c1-4-6-8-13(7-5-2)17-20(18,19)15-10-9-12(3)11-14(15)16/h9-11,13,17H,4-8,16H2,1-3H3. The van der Waals surface area contributed by atoms with Crippen LogP contribution >= 0.6 is 0 Å². The molecular formula is C15H26N2O2S. The first-order valence-corrected chi connectivity index (χ1v) is 8.77. The average Bonchev–Trinajstić information content (AvgIpc) is 2.35. The van der Waals surface area contributed by atoms with E-state index in [2.05, 4.69) is 18.6 Å². The van der Waals surface area contributed by atoms with Crippen molar-refractivity contribution in [1.29, 1.82) is 0 Å². The van der Waals surface area contributed by atoms with Crippen LogP contribution in [0.3, 0.4) is 0 Å². The highest BCUT2D eigenvalue weighted by Gasteiger charge is 2.21. The number of unbranched alkanes of at least 4 members (excludes halogenated alkanes) is 1. The highest BCUT2D eigenvalue weighted by Crippen LogP contribution is 2.20. The van der Waals surface area contributed by atoms with Gasteiger partial charge in [-0.2, -0.15) is 0 Å². The highest BCUT2D eigenvalue weighted by atomic mass is 32.2. The molecule has 1 aromatic rings. The summed E-state index contributed by atoms with van der Waals surface area (Å²) in [6.45, 7) is 6.06. The van der Waals surface area contributed by atoms with Crippen molar-refractivity contribution in [3.63, 3.8) is 0 Å². The van der Waals surface area contributed by atoms with Crippen LogP contribution in [0.25, 0.3) is 0 Å². The van der Waals surface area contributed by atoms with Crippen molar-refractivity contribution in [3.05, 3.63) is 23.8 Å². The van der Waals surface area contributed by atoms with E-state index in [1.54, 1.807) is 18.2 Å². The molecule has 0 aromatic heterocycles. The van der Waals surface area contributed by atoms with Crippen molar-refractivity contribution in [2.75, 3.05) is 5.73 Å². The summed E-state index contributed by atoms with van der Waals surface area (Å²) >= 11 is 0. The fraction of sp³-hybridized carbons (Fsp3) is 0.600. The van der Waals surface area contributed by atoms with E-state index in [9.17, 15) is 8.42 Å². The molecule has 5 heteroatoms. The average molecular weight is 298 g/mol. The predicted molar refractivity (Wildman–Crippen MR) is 84.1 cm³/mol. The molecule has 0 saturated carbocycles. The van der Waals surface area contributed by atoms with Gasteiger partial charge in [-0.15, -0.1) is 0 Å². The molecule has 0 amide bonds. The first-order valence-electron chi connectivity index (χ1n) is 7.29. The Labute approximate surface area is 122 Å². The van der Waals surface area contributed by atoms with Crippen molar-refractivity contribution in [2.24, 2.45) is 0 Å². The fourth-order valence-electron chi connectivity index (χ4n) is 2.26. The van der Waals surface area contributed by atoms with E-state index in [0.717, 1.165) is 37.7 Å². The molecule has 1 rings (SSSR count). The Morgan fingerprint density at radius 3 is 2.45 bits per heavy atom. The lowest BCUT2D eigenvalue weighted by Crippen LogP contribution is -2.35. The fourth-order valence-corrected chi connectivity index (χ4v) is 3.67. The smallest absolute Gasteiger partial charge is 0.242 e. The molecule has 0 spiro atoms. The minimum absolute atomic E-state index is 0.00865. The summed E-state index contributed by atoms with van der Waals surface area (Å²) in [5.41, 5.74) is 7.10. The molecule has 4 nitrogen and oxygen atoms in total. The van der Waals surface area contributed by atoms with Crippen molar-refractivity contribution >= 4 is 15.7 Å². The number of sulfonamides is 1. The third kappa shape index (κ3) is 4.80. The molecule has 0 saturated heterocycles. The molecule has 114 valence electrons. The van der Waals surface area contributed by atoms with E-state index >= 15 is 0 Å². The molecule has 1 unspecified atom stereocenters. The summed E-state index contributed by atoms with van der Waals surface area (Å²) in [5.74, 6) is 0. The molecule has 20 heavy (non-hydrogen) atoms. The van der Waals surface area contributed by atoms with Crippen LogP contribution in [-0.2, 0) is 10.0 Å². The summed E-state index contributed by atoms with van der Waals surface area (Å²) in [6.07, 6.45) is 4.77. The lowest BCUT2D eigenvalue weighted by Gasteiger charge is -2.18. The molecule has 0 radical (unpaired) electrons. The first-order chi connectivity index (χ1) is 9.40. The zero-order valence-corrected chi connectivity index (χ0v) is 13.5. The number of nitrogens with two attached hydrogens (primary N) is 1. The van der Waals surface area contributed by atoms with E-state index in [1.165, 1.54) is 0 Å². The summed E-state index contributed by atoms with van der Waals surface area (Å²) in [4.78, 5) is 0.181. The van der Waals surface area contributed by atoms with E-state index < -0.39 is 10.0 Å². The van der Waals surface area contributed by atoms with Crippen LogP contribution in [-0.4, -0.2) is 14.5 Å². The van der Waals surface area contributed by atoms with Crippen LogP contribution in [0.2, 0.25) is 0 Å². The Morgan fingerprint density at radius 1 is 1.20 bits per heavy atom. The number of benzene rings is 1. The van der Waals surface area contributed by atoms with Gasteiger partial charge >= 0.3 is 0 Å². The highest BCUT2D eigenvalue weighted by molar-refractivity contribution is 7.89. The summed E-state index contributed by atoms with van der Waals surface area (Å²) < 4.78 is 27.6. The number of anilines is 1. The van der Waals surface area contributed by atoms with Crippen LogP contribution in [0.15, 0.2) is 23.1 Å². The van der Waals surface area contributed by atoms with Gasteiger partial charge in [0, 0.05) is 6.04 Å². The van der Waals surface area contributed by atoms with Gasteiger partial charge in [-0.1, -0.05) is 39.2 Å². The third-order valence-electron chi connectivity index (χ3n) is 3.32. The SMILES string of the molecule is CCCCC(CCC)NS(=O)(=O)c1ccc(C)cc1N. The van der Waals surface area contributed by atoms with Crippen LogP contribution in [0.1, 0.15) is 51.5 Å². The minimum Gasteiger partial charge on any atom is -0.398 e. The van der Waals surface area contributed by atoms with Gasteiger partial charge in [0.05, 0.1) is 5.69 Å². The molecular weight excluding hydrogens is 272 g/mol. The van der Waals surface area contributed by atoms with Gasteiger partial charge in [0.1, 0.15) is 4.90 Å². The van der Waals surface area contributed by atoms with Crippen LogP contribution in [0, 0.1) is 6.92 Å². The van der Waals surface area contributed by atoms with Crippen molar-refractivity contribution < 1.29 is 8.42 Å². The Balaban J connectivity index is 2.91. The molecule has 3 N–H and O–H groups in total. The Hall–Kier alpha value is -1.07. The largest absolute Gasteiger partial charge is 0.398 e. The normalized spacial score (nSPS) is 13.3. The lowest BCUT2D eigenvalue weighted by molar-refractivity contribution is 0.483. The molecule has 0 aliphatic carbocycles. The number of nitrogens with one attached hydrogen (secondary N) is 1. The molecule has 0 fully saturated rings. The maximum atomic E-state index is 12.4. The maximum Gasteiger partial charge on any atom is 0.242 e. The molecule has 0 bridgehead atoms. The Bertz CT molecular complexity index is 527.